The minimum absolute atomic E-state index is 0.259. The highest BCUT2D eigenvalue weighted by atomic mass is 16.3. The zero-order valence-electron chi connectivity index (χ0n) is 22.3. The summed E-state index contributed by atoms with van der Waals surface area (Å²) in [5, 5.41) is 27.9. The van der Waals surface area contributed by atoms with E-state index in [4.69, 9.17) is 8.83 Å². The first-order valence-electron chi connectivity index (χ1n) is 13.8. The molecule has 0 amide bonds. The molecule has 7 aromatic carbocycles. The molecule has 0 radical (unpaired) electrons. The van der Waals surface area contributed by atoms with Gasteiger partial charge in [0.2, 0.25) is 0 Å². The van der Waals surface area contributed by atoms with E-state index in [1.165, 1.54) is 0 Å². The van der Waals surface area contributed by atoms with Gasteiger partial charge in [0.05, 0.1) is 0 Å². The van der Waals surface area contributed by atoms with Gasteiger partial charge in [0, 0.05) is 21.5 Å². The number of phenolic OH excluding ortho intramolecular Hbond substituents is 2. The molecular weight excluding hydrogens is 520 g/mol. The van der Waals surface area contributed by atoms with Crippen molar-refractivity contribution < 1.29 is 19.0 Å². The summed E-state index contributed by atoms with van der Waals surface area (Å²) in [4.78, 5) is 0. The summed E-state index contributed by atoms with van der Waals surface area (Å²) >= 11 is 0. The largest absolute Gasteiger partial charge is 0.508 e. The lowest BCUT2D eigenvalue weighted by molar-refractivity contribution is 0.475. The second kappa shape index (κ2) is 8.38. The lowest BCUT2D eigenvalue weighted by atomic mass is 9.99. The summed E-state index contributed by atoms with van der Waals surface area (Å²) in [6.45, 7) is 0. The smallest absolute Gasteiger partial charge is 0.136 e. The van der Waals surface area contributed by atoms with Gasteiger partial charge in [0.25, 0.3) is 0 Å². The lowest BCUT2D eigenvalue weighted by Gasteiger charge is -2.05. The molecule has 2 aromatic heterocycles. The summed E-state index contributed by atoms with van der Waals surface area (Å²) in [6.07, 6.45) is 0. The fourth-order valence-electron chi connectivity index (χ4n) is 6.20. The Kier molecular flexibility index (Phi) is 4.59. The average molecular weight is 543 g/mol. The van der Waals surface area contributed by atoms with Crippen LogP contribution in [0.5, 0.6) is 11.5 Å². The molecule has 0 fully saturated rings. The van der Waals surface area contributed by atoms with E-state index in [2.05, 4.69) is 72.8 Å². The van der Waals surface area contributed by atoms with Gasteiger partial charge < -0.3 is 19.0 Å². The van der Waals surface area contributed by atoms with Gasteiger partial charge in [-0.15, -0.1) is 0 Å². The Morgan fingerprint density at radius 2 is 0.667 bits per heavy atom. The van der Waals surface area contributed by atoms with Crippen molar-refractivity contribution >= 4 is 65.4 Å². The van der Waals surface area contributed by atoms with Gasteiger partial charge >= 0.3 is 0 Å². The molecule has 2 heterocycles. The second-order valence-electron chi connectivity index (χ2n) is 11.0. The monoisotopic (exact) mass is 542 g/mol. The molecule has 0 aliphatic rings. The molecule has 4 heteroatoms. The van der Waals surface area contributed by atoms with Crippen molar-refractivity contribution in [2.24, 2.45) is 0 Å². The van der Waals surface area contributed by atoms with Crippen LogP contribution in [0.25, 0.3) is 87.7 Å². The van der Waals surface area contributed by atoms with E-state index >= 15 is 0 Å². The van der Waals surface area contributed by atoms with Gasteiger partial charge in [-0.25, -0.2) is 0 Å². The predicted molar refractivity (Wildman–Crippen MR) is 170 cm³/mol. The van der Waals surface area contributed by atoms with Crippen molar-refractivity contribution in [3.05, 3.63) is 121 Å². The number of hydrogen-bond acceptors (Lipinski definition) is 4. The van der Waals surface area contributed by atoms with Crippen molar-refractivity contribution in [2.45, 2.75) is 0 Å². The van der Waals surface area contributed by atoms with Crippen LogP contribution in [0.3, 0.4) is 0 Å². The van der Waals surface area contributed by atoms with Gasteiger partial charge in [0.1, 0.15) is 33.8 Å². The SMILES string of the molecule is Oc1ccc(-c2ccc3cc4c(cc3c2)oc2cc3c(cc24)oc2cc4cc(-c5ccc(O)cc5)ccc4cc23)cc1. The maximum Gasteiger partial charge on any atom is 0.136 e. The summed E-state index contributed by atoms with van der Waals surface area (Å²) in [5.41, 5.74) is 7.61. The topological polar surface area (TPSA) is 66.7 Å². The zero-order valence-corrected chi connectivity index (χ0v) is 22.3. The Morgan fingerprint density at radius 1 is 0.310 bits per heavy atom. The fraction of sp³-hybridized carbons (Fsp3) is 0. The summed E-state index contributed by atoms with van der Waals surface area (Å²) in [6, 6.07) is 40.1. The molecule has 2 N–H and O–H groups in total. The number of rotatable bonds is 2. The average Bonchev–Trinajstić information content (AvgIpc) is 3.53. The molecule has 0 bridgehead atoms. The van der Waals surface area contributed by atoms with Gasteiger partial charge in [-0.2, -0.15) is 0 Å². The predicted octanol–water partition coefficient (Wildman–Crippen LogP) is 10.5. The molecule has 42 heavy (non-hydrogen) atoms. The fourth-order valence-corrected chi connectivity index (χ4v) is 6.20. The van der Waals surface area contributed by atoms with Crippen molar-refractivity contribution in [2.75, 3.05) is 0 Å². The maximum atomic E-state index is 9.65. The van der Waals surface area contributed by atoms with Crippen molar-refractivity contribution in [3.63, 3.8) is 0 Å². The van der Waals surface area contributed by atoms with E-state index < -0.39 is 0 Å². The van der Waals surface area contributed by atoms with E-state index in [1.807, 2.05) is 24.3 Å². The second-order valence-corrected chi connectivity index (χ2v) is 11.0. The van der Waals surface area contributed by atoms with Crippen LogP contribution in [0.4, 0.5) is 0 Å². The van der Waals surface area contributed by atoms with Gasteiger partial charge in [-0.3, -0.25) is 0 Å². The van der Waals surface area contributed by atoms with Gasteiger partial charge in [-0.1, -0.05) is 48.5 Å². The molecule has 198 valence electrons. The quantitative estimate of drug-likeness (QED) is 0.228. The minimum Gasteiger partial charge on any atom is -0.508 e. The highest BCUT2D eigenvalue weighted by Gasteiger charge is 2.15. The van der Waals surface area contributed by atoms with Crippen molar-refractivity contribution in [1.82, 2.24) is 0 Å². The Balaban J connectivity index is 1.18. The molecule has 0 atom stereocenters. The molecule has 0 unspecified atom stereocenters. The van der Waals surface area contributed by atoms with Gasteiger partial charge in [0.15, 0.2) is 0 Å². The zero-order chi connectivity index (χ0) is 27.9. The first kappa shape index (κ1) is 23.0. The third kappa shape index (κ3) is 3.49. The molecule has 0 aliphatic heterocycles. The molecule has 9 rings (SSSR count). The highest BCUT2D eigenvalue weighted by molar-refractivity contribution is 6.18. The van der Waals surface area contributed by atoms with Crippen LogP contribution < -0.4 is 0 Å². The number of hydrogen-bond donors (Lipinski definition) is 2. The Bertz CT molecular complexity index is 2330. The third-order valence-corrected chi connectivity index (χ3v) is 8.38. The van der Waals surface area contributed by atoms with Crippen molar-refractivity contribution in [1.29, 1.82) is 0 Å². The first-order valence-corrected chi connectivity index (χ1v) is 13.8. The van der Waals surface area contributed by atoms with Crippen LogP contribution in [0.15, 0.2) is 130 Å². The van der Waals surface area contributed by atoms with Crippen LogP contribution in [0, 0.1) is 0 Å². The highest BCUT2D eigenvalue weighted by Crippen LogP contribution is 2.40. The minimum atomic E-state index is 0.259. The molecule has 4 nitrogen and oxygen atoms in total. The number of fused-ring (bicyclic) bond motifs is 8. The summed E-state index contributed by atoms with van der Waals surface area (Å²) < 4.78 is 12.8. The van der Waals surface area contributed by atoms with E-state index in [9.17, 15) is 10.2 Å². The van der Waals surface area contributed by atoms with Crippen LogP contribution in [0.2, 0.25) is 0 Å². The first-order chi connectivity index (χ1) is 20.6. The number of furan rings is 2. The molecule has 9 aromatic rings. The van der Waals surface area contributed by atoms with E-state index in [1.54, 1.807) is 24.3 Å². The van der Waals surface area contributed by atoms with Crippen LogP contribution in [-0.2, 0) is 0 Å². The summed E-state index contributed by atoms with van der Waals surface area (Å²) in [5.74, 6) is 0.518. The molecule has 0 spiro atoms. The Hall–Kier alpha value is -5.74. The van der Waals surface area contributed by atoms with Crippen LogP contribution in [0.1, 0.15) is 0 Å². The maximum absolute atomic E-state index is 9.65. The normalized spacial score (nSPS) is 12.0. The standard InChI is InChI=1S/C38H22O4/c39-29-9-5-21(6-10-29)23-1-3-25-15-31-33-19-38-34(20-37(33)41-35(31)17-27(25)13-23)32-16-26-4-2-24(14-28(26)18-36(32)42-38)22-7-11-30(40)12-8-22/h1-20,39-40H. The number of aromatic hydroxyl groups is 2. The number of phenols is 2. The Labute approximate surface area is 239 Å². The lowest BCUT2D eigenvalue weighted by Crippen LogP contribution is -1.79. The molecule has 0 aliphatic carbocycles. The third-order valence-electron chi connectivity index (χ3n) is 8.38. The van der Waals surface area contributed by atoms with E-state index in [0.717, 1.165) is 87.7 Å². The van der Waals surface area contributed by atoms with E-state index in [-0.39, 0.29) is 11.5 Å². The van der Waals surface area contributed by atoms with Crippen LogP contribution >= 0.6 is 0 Å². The Morgan fingerprint density at radius 3 is 1.10 bits per heavy atom. The van der Waals surface area contributed by atoms with Crippen LogP contribution in [-0.4, -0.2) is 10.2 Å². The number of benzene rings is 7. The van der Waals surface area contributed by atoms with Crippen molar-refractivity contribution in [3.8, 4) is 33.8 Å². The van der Waals surface area contributed by atoms with E-state index in [0.29, 0.717) is 0 Å². The summed E-state index contributed by atoms with van der Waals surface area (Å²) in [7, 11) is 0. The molecule has 0 saturated carbocycles. The molecular formula is C38H22O4. The van der Waals surface area contributed by atoms with Gasteiger partial charge in [-0.05, 0) is 117 Å². The molecule has 0 saturated heterocycles.